The summed E-state index contributed by atoms with van der Waals surface area (Å²) >= 11 is 3.27. The normalized spacial score (nSPS) is 8.75. The molecule has 66 valence electrons. The van der Waals surface area contributed by atoms with Gasteiger partial charge < -0.3 is 17.0 Å². The maximum atomic E-state index is 5.67. The van der Waals surface area contributed by atoms with Crippen LogP contribution in [-0.4, -0.2) is 0 Å². The largest absolute Gasteiger partial charge is 1.00 e. The predicted molar refractivity (Wildman–Crippen MR) is 49.1 cm³/mol. The first-order valence-corrected chi connectivity index (χ1v) is 4.06. The lowest BCUT2D eigenvalue weighted by Crippen LogP contribution is -3.00. The first kappa shape index (κ1) is 11.6. The number of hydrogen-bond acceptors (Lipinski definition) is 1. The van der Waals surface area contributed by atoms with Gasteiger partial charge in [-0.05, 0) is 6.07 Å². The van der Waals surface area contributed by atoms with Gasteiger partial charge in [-0.25, -0.2) is 4.57 Å². The topological polar surface area (TPSA) is 29.9 Å². The summed E-state index contributed by atoms with van der Waals surface area (Å²) in [5, 5.41) is 0. The third-order valence-corrected chi connectivity index (χ3v) is 1.57. The lowest BCUT2D eigenvalue weighted by molar-refractivity contribution is -0.673. The minimum absolute atomic E-state index is 0. The summed E-state index contributed by atoms with van der Waals surface area (Å²) in [6.45, 7) is 4.45. The van der Waals surface area contributed by atoms with Crippen molar-refractivity contribution in [1.29, 1.82) is 0 Å². The Kier molecular flexibility index (Phi) is 5.17. The molecule has 12 heavy (non-hydrogen) atoms. The van der Waals surface area contributed by atoms with E-state index in [1.54, 1.807) is 0 Å². The molecule has 0 radical (unpaired) electrons. The van der Waals surface area contributed by atoms with Crippen molar-refractivity contribution in [1.82, 2.24) is 0 Å². The number of anilines is 1. The van der Waals surface area contributed by atoms with Crippen LogP contribution in [0.15, 0.2) is 35.5 Å². The van der Waals surface area contributed by atoms with Crippen LogP contribution < -0.4 is 27.3 Å². The lowest BCUT2D eigenvalue weighted by atomic mass is 10.4. The fraction of sp³-hybridized carbons (Fsp3) is 0.125. The van der Waals surface area contributed by atoms with E-state index >= 15 is 0 Å². The first-order valence-electron chi connectivity index (χ1n) is 3.27. The van der Waals surface area contributed by atoms with Gasteiger partial charge in [0.15, 0.2) is 0 Å². The molecule has 1 aromatic heterocycles. The number of pyridine rings is 1. The second kappa shape index (κ2) is 5.32. The molecule has 0 amide bonds. The summed E-state index contributed by atoms with van der Waals surface area (Å²) in [5.74, 6) is 0.744. The predicted octanol–water partition coefficient (Wildman–Crippen LogP) is -1.53. The van der Waals surface area contributed by atoms with Crippen LogP contribution in [0.3, 0.4) is 0 Å². The highest BCUT2D eigenvalue weighted by Gasteiger charge is 2.01. The van der Waals surface area contributed by atoms with Crippen molar-refractivity contribution in [3.05, 3.63) is 35.5 Å². The molecule has 0 aromatic carbocycles. The average molecular weight is 294 g/mol. The monoisotopic (exact) mass is 292 g/mol. The maximum absolute atomic E-state index is 5.67. The third-order valence-electron chi connectivity index (χ3n) is 1.32. The number of nitrogen functional groups attached to an aromatic ring is 1. The van der Waals surface area contributed by atoms with E-state index in [1.807, 2.05) is 29.0 Å². The standard InChI is InChI=1S/C8H9BrN2.BrH/c1-7(9)6-11-5-3-2-4-8(11)10;/h2-5,10H,1,6H2;1H. The summed E-state index contributed by atoms with van der Waals surface area (Å²) in [6, 6.07) is 5.70. The Balaban J connectivity index is 0.00000121. The van der Waals surface area contributed by atoms with Gasteiger partial charge in [0.1, 0.15) is 6.54 Å². The van der Waals surface area contributed by atoms with E-state index in [9.17, 15) is 0 Å². The van der Waals surface area contributed by atoms with Crippen LogP contribution in [0.1, 0.15) is 0 Å². The van der Waals surface area contributed by atoms with E-state index < -0.39 is 0 Å². The van der Waals surface area contributed by atoms with Crippen molar-refractivity contribution in [2.24, 2.45) is 0 Å². The van der Waals surface area contributed by atoms with Crippen molar-refractivity contribution in [3.63, 3.8) is 0 Å². The molecule has 0 aliphatic rings. The quantitative estimate of drug-likeness (QED) is 0.659. The molecule has 1 heterocycles. The van der Waals surface area contributed by atoms with E-state index in [4.69, 9.17) is 5.73 Å². The van der Waals surface area contributed by atoms with Gasteiger partial charge in [0.05, 0.1) is 6.20 Å². The number of nitrogens with zero attached hydrogens (tertiary/aromatic N) is 1. The van der Waals surface area contributed by atoms with Gasteiger partial charge in [-0.2, -0.15) is 0 Å². The molecule has 0 atom stereocenters. The molecule has 1 rings (SSSR count). The molecule has 4 heteroatoms. The van der Waals surface area contributed by atoms with Crippen molar-refractivity contribution < 1.29 is 21.5 Å². The Morgan fingerprint density at radius 3 is 2.75 bits per heavy atom. The van der Waals surface area contributed by atoms with Crippen LogP contribution in [-0.2, 0) is 6.54 Å². The highest BCUT2D eigenvalue weighted by Crippen LogP contribution is 2.01. The van der Waals surface area contributed by atoms with Crippen molar-refractivity contribution in [2.45, 2.75) is 6.54 Å². The Morgan fingerprint density at radius 2 is 2.25 bits per heavy atom. The van der Waals surface area contributed by atoms with Crippen molar-refractivity contribution >= 4 is 21.7 Å². The number of aromatic nitrogens is 1. The Bertz CT molecular complexity index is 274. The van der Waals surface area contributed by atoms with Gasteiger partial charge in [0.2, 0.25) is 0 Å². The Labute approximate surface area is 91.0 Å². The van der Waals surface area contributed by atoms with Gasteiger partial charge in [-0.3, -0.25) is 5.73 Å². The second-order valence-corrected chi connectivity index (χ2v) is 3.39. The van der Waals surface area contributed by atoms with E-state index in [0.29, 0.717) is 6.54 Å². The minimum Gasteiger partial charge on any atom is -1.00 e. The van der Waals surface area contributed by atoms with E-state index in [2.05, 4.69) is 22.5 Å². The molecule has 0 saturated carbocycles. The first-order chi connectivity index (χ1) is 5.20. The number of rotatable bonds is 2. The van der Waals surface area contributed by atoms with Crippen LogP contribution in [0.5, 0.6) is 0 Å². The third kappa shape index (κ3) is 3.36. The molecule has 0 aliphatic heterocycles. The van der Waals surface area contributed by atoms with Gasteiger partial charge in [0, 0.05) is 10.5 Å². The zero-order valence-corrected chi connectivity index (χ0v) is 9.68. The summed E-state index contributed by atoms with van der Waals surface area (Å²) in [6.07, 6.45) is 1.92. The zero-order valence-electron chi connectivity index (χ0n) is 6.50. The van der Waals surface area contributed by atoms with E-state index in [0.717, 1.165) is 10.3 Å². The van der Waals surface area contributed by atoms with Crippen molar-refractivity contribution in [3.8, 4) is 0 Å². The molecular formula is C8H10Br2N2. The second-order valence-electron chi connectivity index (χ2n) is 2.27. The highest BCUT2D eigenvalue weighted by molar-refractivity contribution is 9.11. The van der Waals surface area contributed by atoms with E-state index in [-0.39, 0.29) is 17.0 Å². The average Bonchev–Trinajstić information content (AvgIpc) is 1.93. The van der Waals surface area contributed by atoms with Crippen LogP contribution in [0.2, 0.25) is 0 Å². The molecule has 0 unspecified atom stereocenters. The smallest absolute Gasteiger partial charge is 0.272 e. The number of nitrogens with two attached hydrogens (primary N) is 1. The van der Waals surface area contributed by atoms with Gasteiger partial charge in [-0.15, -0.1) is 0 Å². The van der Waals surface area contributed by atoms with Crippen molar-refractivity contribution in [2.75, 3.05) is 5.73 Å². The van der Waals surface area contributed by atoms with Crippen LogP contribution in [0.4, 0.5) is 5.82 Å². The summed E-state index contributed by atoms with van der Waals surface area (Å²) in [5.41, 5.74) is 5.67. The molecule has 2 nitrogen and oxygen atoms in total. The molecule has 0 spiro atoms. The van der Waals surface area contributed by atoms with Gasteiger partial charge >= 0.3 is 0 Å². The molecule has 2 N–H and O–H groups in total. The van der Waals surface area contributed by atoms with Crippen LogP contribution >= 0.6 is 15.9 Å². The van der Waals surface area contributed by atoms with Gasteiger partial charge in [0.25, 0.3) is 5.82 Å². The summed E-state index contributed by atoms with van der Waals surface area (Å²) in [4.78, 5) is 0. The molecular weight excluding hydrogens is 284 g/mol. The highest BCUT2D eigenvalue weighted by atomic mass is 79.9. The fourth-order valence-corrected chi connectivity index (χ4v) is 1.09. The number of halogens is 2. The molecule has 0 bridgehead atoms. The maximum Gasteiger partial charge on any atom is 0.272 e. The minimum atomic E-state index is 0. The Hall–Kier alpha value is -0.350. The SMILES string of the molecule is C=C(Br)C[n+]1ccccc1N.[Br-]. The summed E-state index contributed by atoms with van der Waals surface area (Å²) < 4.78 is 2.83. The molecule has 0 fully saturated rings. The summed E-state index contributed by atoms with van der Waals surface area (Å²) in [7, 11) is 0. The zero-order chi connectivity index (χ0) is 8.27. The number of allylic oxidation sites excluding steroid dienone is 1. The molecule has 0 aliphatic carbocycles. The molecule has 1 aromatic rings. The molecule has 0 saturated heterocycles. The Morgan fingerprint density at radius 1 is 1.58 bits per heavy atom. The fourth-order valence-electron chi connectivity index (χ4n) is 0.818. The number of hydrogen-bond donors (Lipinski definition) is 1. The lowest BCUT2D eigenvalue weighted by Gasteiger charge is -1.99. The van der Waals surface area contributed by atoms with Crippen LogP contribution in [0, 0.1) is 0 Å². The van der Waals surface area contributed by atoms with E-state index in [1.165, 1.54) is 0 Å². The van der Waals surface area contributed by atoms with Crippen LogP contribution in [0.25, 0.3) is 0 Å². The van der Waals surface area contributed by atoms with Gasteiger partial charge in [-0.1, -0.05) is 28.6 Å².